The minimum absolute atomic E-state index is 0.181. The molecule has 0 aliphatic rings. The molecule has 21 heavy (non-hydrogen) atoms. The third kappa shape index (κ3) is 3.25. The lowest BCUT2D eigenvalue weighted by Crippen LogP contribution is -2.26. The number of benzene rings is 2. The highest BCUT2D eigenvalue weighted by molar-refractivity contribution is 5.98. The predicted molar refractivity (Wildman–Crippen MR) is 81.3 cm³/mol. The molecule has 2 aromatic carbocycles. The average molecular weight is 286 g/mol. The first-order valence-electron chi connectivity index (χ1n) is 6.48. The molecule has 5 nitrogen and oxygen atoms in total. The number of phenols is 1. The fourth-order valence-corrected chi connectivity index (χ4v) is 2.06. The Morgan fingerprint density at radius 2 is 2.00 bits per heavy atom. The Labute approximate surface area is 123 Å². The first-order valence-corrected chi connectivity index (χ1v) is 6.48. The van der Waals surface area contributed by atoms with E-state index in [4.69, 9.17) is 10.5 Å². The molecule has 0 saturated carbocycles. The van der Waals surface area contributed by atoms with Crippen LogP contribution in [0.4, 0.5) is 5.69 Å². The van der Waals surface area contributed by atoms with Crippen molar-refractivity contribution in [3.63, 3.8) is 0 Å². The van der Waals surface area contributed by atoms with E-state index in [0.717, 1.165) is 11.3 Å². The third-order valence-corrected chi connectivity index (χ3v) is 3.20. The summed E-state index contributed by atoms with van der Waals surface area (Å²) in [7, 11) is 3.27. The molecule has 0 heterocycles. The molecule has 0 aliphatic carbocycles. The van der Waals surface area contributed by atoms with Crippen LogP contribution in [-0.2, 0) is 6.54 Å². The van der Waals surface area contributed by atoms with Crippen LogP contribution in [0.15, 0.2) is 42.5 Å². The van der Waals surface area contributed by atoms with Gasteiger partial charge in [-0.05, 0) is 29.8 Å². The standard InChI is InChI=1S/C16H18N2O3/c1-18(10-11-5-3-6-12(9-11)21-2)16(20)13-7-4-8-14(17)15(13)19/h3-9,19H,10,17H2,1-2H3. The molecule has 0 bridgehead atoms. The van der Waals surface area contributed by atoms with E-state index in [1.54, 1.807) is 32.4 Å². The summed E-state index contributed by atoms with van der Waals surface area (Å²) in [6.07, 6.45) is 0. The second-order valence-corrected chi connectivity index (χ2v) is 4.76. The molecule has 110 valence electrons. The fourth-order valence-electron chi connectivity index (χ4n) is 2.06. The Kier molecular flexibility index (Phi) is 4.33. The van der Waals surface area contributed by atoms with Crippen molar-refractivity contribution in [2.45, 2.75) is 6.54 Å². The molecule has 0 saturated heterocycles. The minimum atomic E-state index is -0.289. The molecule has 0 atom stereocenters. The second-order valence-electron chi connectivity index (χ2n) is 4.76. The van der Waals surface area contributed by atoms with Crippen LogP contribution in [0.5, 0.6) is 11.5 Å². The number of hydrogen-bond acceptors (Lipinski definition) is 4. The quantitative estimate of drug-likeness (QED) is 0.667. The third-order valence-electron chi connectivity index (χ3n) is 3.20. The van der Waals surface area contributed by atoms with Crippen LogP contribution in [-0.4, -0.2) is 30.1 Å². The first-order chi connectivity index (χ1) is 10.0. The lowest BCUT2D eigenvalue weighted by atomic mass is 10.1. The Hall–Kier alpha value is -2.69. The number of methoxy groups -OCH3 is 1. The lowest BCUT2D eigenvalue weighted by molar-refractivity contribution is 0.0782. The van der Waals surface area contributed by atoms with Crippen molar-refractivity contribution < 1.29 is 14.6 Å². The maximum atomic E-state index is 12.4. The van der Waals surface area contributed by atoms with Gasteiger partial charge in [0.05, 0.1) is 18.4 Å². The molecule has 0 radical (unpaired) electrons. The van der Waals surface area contributed by atoms with Crippen molar-refractivity contribution >= 4 is 11.6 Å². The number of anilines is 1. The van der Waals surface area contributed by atoms with Crippen molar-refractivity contribution in [3.05, 3.63) is 53.6 Å². The summed E-state index contributed by atoms with van der Waals surface area (Å²) in [6.45, 7) is 0.407. The van der Waals surface area contributed by atoms with Crippen molar-refractivity contribution in [3.8, 4) is 11.5 Å². The molecule has 2 aromatic rings. The second kappa shape index (κ2) is 6.17. The lowest BCUT2D eigenvalue weighted by Gasteiger charge is -2.18. The molecule has 3 N–H and O–H groups in total. The van der Waals surface area contributed by atoms with Gasteiger partial charge >= 0.3 is 0 Å². The molecule has 5 heteroatoms. The van der Waals surface area contributed by atoms with Gasteiger partial charge in [0.25, 0.3) is 5.91 Å². The number of carbonyl (C=O) groups is 1. The Balaban J connectivity index is 2.17. The van der Waals surface area contributed by atoms with Crippen molar-refractivity contribution in [2.75, 3.05) is 19.9 Å². The van der Waals surface area contributed by atoms with Crippen LogP contribution >= 0.6 is 0 Å². The van der Waals surface area contributed by atoms with Crippen molar-refractivity contribution in [2.24, 2.45) is 0 Å². The van der Waals surface area contributed by atoms with Gasteiger partial charge in [-0.25, -0.2) is 0 Å². The van der Waals surface area contributed by atoms with Gasteiger partial charge in [-0.3, -0.25) is 4.79 Å². The number of phenolic OH excluding ortho intramolecular Hbond substituents is 1. The molecule has 2 rings (SSSR count). The molecule has 0 spiro atoms. The largest absolute Gasteiger partial charge is 0.505 e. The Morgan fingerprint density at radius 3 is 2.71 bits per heavy atom. The number of hydrogen-bond donors (Lipinski definition) is 2. The summed E-state index contributed by atoms with van der Waals surface area (Å²) < 4.78 is 5.16. The van der Waals surface area contributed by atoms with Gasteiger partial charge in [0.2, 0.25) is 0 Å². The van der Waals surface area contributed by atoms with Gasteiger partial charge in [-0.1, -0.05) is 18.2 Å². The Bertz CT molecular complexity index is 656. The molecule has 0 unspecified atom stereocenters. The normalized spacial score (nSPS) is 10.2. The maximum absolute atomic E-state index is 12.4. The molecule has 0 aliphatic heterocycles. The zero-order chi connectivity index (χ0) is 15.4. The molecule has 0 aromatic heterocycles. The van der Waals surface area contributed by atoms with Gasteiger partial charge in [0.1, 0.15) is 5.75 Å². The van der Waals surface area contributed by atoms with E-state index in [1.165, 1.54) is 4.90 Å². The molecular formula is C16H18N2O3. The summed E-state index contributed by atoms with van der Waals surface area (Å²) in [4.78, 5) is 13.9. The highest BCUT2D eigenvalue weighted by atomic mass is 16.5. The highest BCUT2D eigenvalue weighted by Crippen LogP contribution is 2.26. The van der Waals surface area contributed by atoms with E-state index in [0.29, 0.717) is 6.54 Å². The smallest absolute Gasteiger partial charge is 0.257 e. The van der Waals surface area contributed by atoms with E-state index in [2.05, 4.69) is 0 Å². The van der Waals surface area contributed by atoms with E-state index >= 15 is 0 Å². The fraction of sp³-hybridized carbons (Fsp3) is 0.188. The van der Waals surface area contributed by atoms with E-state index in [-0.39, 0.29) is 22.9 Å². The van der Waals surface area contributed by atoms with E-state index in [1.807, 2.05) is 24.3 Å². The van der Waals surface area contributed by atoms with Crippen molar-refractivity contribution in [1.82, 2.24) is 4.90 Å². The minimum Gasteiger partial charge on any atom is -0.505 e. The molecule has 0 fully saturated rings. The zero-order valence-electron chi connectivity index (χ0n) is 12.0. The monoisotopic (exact) mass is 286 g/mol. The summed E-state index contributed by atoms with van der Waals surface area (Å²) in [5.41, 5.74) is 6.94. The van der Waals surface area contributed by atoms with Gasteiger partial charge in [0.15, 0.2) is 5.75 Å². The number of carbonyl (C=O) groups excluding carboxylic acids is 1. The molecule has 1 amide bonds. The number of nitrogens with zero attached hydrogens (tertiary/aromatic N) is 1. The van der Waals surface area contributed by atoms with Crippen molar-refractivity contribution in [1.29, 1.82) is 0 Å². The summed E-state index contributed by atoms with van der Waals surface area (Å²) in [5.74, 6) is 0.266. The number of nitrogens with two attached hydrogens (primary N) is 1. The molecular weight excluding hydrogens is 268 g/mol. The highest BCUT2D eigenvalue weighted by Gasteiger charge is 2.17. The number of aromatic hydroxyl groups is 1. The number of ether oxygens (including phenoxy) is 1. The van der Waals surface area contributed by atoms with Crippen LogP contribution < -0.4 is 10.5 Å². The summed E-state index contributed by atoms with van der Waals surface area (Å²) >= 11 is 0. The van der Waals surface area contributed by atoms with Crippen LogP contribution in [0.3, 0.4) is 0 Å². The van der Waals surface area contributed by atoms with Gasteiger partial charge in [-0.15, -0.1) is 0 Å². The first kappa shape index (κ1) is 14.7. The SMILES string of the molecule is COc1cccc(CN(C)C(=O)c2cccc(N)c2O)c1. The number of para-hydroxylation sites is 1. The number of nitrogen functional groups attached to an aromatic ring is 1. The van der Waals surface area contributed by atoms with Gasteiger partial charge < -0.3 is 20.5 Å². The Morgan fingerprint density at radius 1 is 1.29 bits per heavy atom. The van der Waals surface area contributed by atoms with E-state index < -0.39 is 0 Å². The average Bonchev–Trinajstić information content (AvgIpc) is 2.49. The number of rotatable bonds is 4. The summed E-state index contributed by atoms with van der Waals surface area (Å²) in [6, 6.07) is 12.2. The van der Waals surface area contributed by atoms with Crippen LogP contribution in [0.2, 0.25) is 0 Å². The van der Waals surface area contributed by atoms with Gasteiger partial charge in [0, 0.05) is 13.6 Å². The maximum Gasteiger partial charge on any atom is 0.257 e. The van der Waals surface area contributed by atoms with Crippen LogP contribution in [0, 0.1) is 0 Å². The topological polar surface area (TPSA) is 75.8 Å². The van der Waals surface area contributed by atoms with Crippen LogP contribution in [0.1, 0.15) is 15.9 Å². The van der Waals surface area contributed by atoms with Crippen LogP contribution in [0.25, 0.3) is 0 Å². The zero-order valence-corrected chi connectivity index (χ0v) is 12.0. The van der Waals surface area contributed by atoms with E-state index in [9.17, 15) is 9.90 Å². The van der Waals surface area contributed by atoms with Gasteiger partial charge in [-0.2, -0.15) is 0 Å². The predicted octanol–water partition coefficient (Wildman–Crippen LogP) is 2.26. The number of amides is 1. The summed E-state index contributed by atoms with van der Waals surface area (Å²) in [5, 5.41) is 9.87.